The molecule has 0 aliphatic carbocycles. The van der Waals surface area contributed by atoms with Gasteiger partial charge < -0.3 is 4.74 Å². The lowest BCUT2D eigenvalue weighted by atomic mass is 9.83. The molecule has 1 aromatic carbocycles. The van der Waals surface area contributed by atoms with Crippen LogP contribution < -0.4 is 0 Å². The Morgan fingerprint density at radius 3 is 2.47 bits per heavy atom. The highest BCUT2D eigenvalue weighted by molar-refractivity contribution is 5.40. The number of hydrogen-bond donors (Lipinski definition) is 0. The van der Waals surface area contributed by atoms with Gasteiger partial charge in [-0.2, -0.15) is 0 Å². The first-order valence-electron chi connectivity index (χ1n) is 5.58. The topological polar surface area (TPSA) is 9.23 Å². The average Bonchev–Trinajstić information content (AvgIpc) is 2.41. The van der Waals surface area contributed by atoms with E-state index in [1.807, 2.05) is 0 Å². The van der Waals surface area contributed by atoms with Crippen LogP contribution in [-0.2, 0) is 22.4 Å². The summed E-state index contributed by atoms with van der Waals surface area (Å²) in [4.78, 5) is 0. The molecule has 0 N–H and O–H groups in total. The van der Waals surface area contributed by atoms with Gasteiger partial charge in [0.25, 0.3) is 0 Å². The second kappa shape index (κ2) is 3.08. The summed E-state index contributed by atoms with van der Waals surface area (Å²) in [6.45, 7) is 11.8. The zero-order valence-electron chi connectivity index (χ0n) is 10.3. The molecule has 0 saturated carbocycles. The molecule has 1 aliphatic rings. The summed E-state index contributed by atoms with van der Waals surface area (Å²) >= 11 is 0. The van der Waals surface area contributed by atoms with Crippen LogP contribution in [0.25, 0.3) is 0 Å². The first-order valence-corrected chi connectivity index (χ1v) is 5.58. The van der Waals surface area contributed by atoms with Gasteiger partial charge in [0, 0.05) is 0 Å². The molecule has 0 bridgehead atoms. The van der Waals surface area contributed by atoms with Crippen LogP contribution in [0.2, 0.25) is 0 Å². The fourth-order valence-electron chi connectivity index (χ4n) is 2.07. The monoisotopic (exact) mass is 204 g/mol. The van der Waals surface area contributed by atoms with Crippen molar-refractivity contribution in [1.82, 2.24) is 0 Å². The standard InChI is InChI=1S/C14H20O/c1-13(2,3)11-7-6-10-9-15-14(4,5)12(10)8-11/h6-8H,9H2,1-5H3. The molecule has 0 spiro atoms. The number of ether oxygens (including phenoxy) is 1. The van der Waals surface area contributed by atoms with Crippen molar-refractivity contribution in [3.63, 3.8) is 0 Å². The van der Waals surface area contributed by atoms with Crippen LogP contribution >= 0.6 is 0 Å². The Morgan fingerprint density at radius 2 is 1.87 bits per heavy atom. The quantitative estimate of drug-likeness (QED) is 0.625. The van der Waals surface area contributed by atoms with E-state index in [1.54, 1.807) is 0 Å². The molecular weight excluding hydrogens is 184 g/mol. The summed E-state index contributed by atoms with van der Waals surface area (Å²) in [5.41, 5.74) is 4.19. The van der Waals surface area contributed by atoms with Gasteiger partial charge in [0.2, 0.25) is 0 Å². The van der Waals surface area contributed by atoms with Crippen LogP contribution in [0.1, 0.15) is 51.3 Å². The van der Waals surface area contributed by atoms with Gasteiger partial charge in [0.1, 0.15) is 0 Å². The van der Waals surface area contributed by atoms with E-state index in [2.05, 4.69) is 52.8 Å². The van der Waals surface area contributed by atoms with E-state index in [0.29, 0.717) is 0 Å². The van der Waals surface area contributed by atoms with Crippen LogP contribution in [0.15, 0.2) is 18.2 Å². The maximum absolute atomic E-state index is 5.78. The van der Waals surface area contributed by atoms with Gasteiger partial charge in [-0.1, -0.05) is 39.0 Å². The largest absolute Gasteiger partial charge is 0.366 e. The van der Waals surface area contributed by atoms with Crippen LogP contribution in [0.3, 0.4) is 0 Å². The van der Waals surface area contributed by atoms with Crippen LogP contribution in [-0.4, -0.2) is 0 Å². The number of rotatable bonds is 0. The number of benzene rings is 1. The molecule has 1 heterocycles. The Bertz CT molecular complexity index is 383. The third-order valence-corrected chi connectivity index (χ3v) is 3.21. The third kappa shape index (κ3) is 1.81. The zero-order chi connectivity index (χ0) is 11.3. The summed E-state index contributed by atoms with van der Waals surface area (Å²) in [6.07, 6.45) is 0. The molecule has 82 valence electrons. The molecule has 0 unspecified atom stereocenters. The minimum atomic E-state index is -0.114. The van der Waals surface area contributed by atoms with E-state index in [-0.39, 0.29) is 11.0 Å². The van der Waals surface area contributed by atoms with Crippen molar-refractivity contribution >= 4 is 0 Å². The normalized spacial score (nSPS) is 19.0. The van der Waals surface area contributed by atoms with E-state index in [9.17, 15) is 0 Å². The van der Waals surface area contributed by atoms with Gasteiger partial charge in [-0.25, -0.2) is 0 Å². The molecule has 1 nitrogen and oxygen atoms in total. The van der Waals surface area contributed by atoms with Crippen LogP contribution in [0, 0.1) is 0 Å². The highest BCUT2D eigenvalue weighted by Gasteiger charge is 2.31. The number of hydrogen-bond acceptors (Lipinski definition) is 1. The predicted molar refractivity (Wildman–Crippen MR) is 63.0 cm³/mol. The first kappa shape index (κ1) is 10.7. The van der Waals surface area contributed by atoms with Crippen molar-refractivity contribution in [2.75, 3.05) is 0 Å². The van der Waals surface area contributed by atoms with Gasteiger partial charge in [0.05, 0.1) is 12.2 Å². The summed E-state index contributed by atoms with van der Waals surface area (Å²) in [5.74, 6) is 0. The second-order valence-corrected chi connectivity index (χ2v) is 5.92. The van der Waals surface area contributed by atoms with Gasteiger partial charge in [-0.05, 0) is 36.0 Å². The van der Waals surface area contributed by atoms with Crippen LogP contribution in [0.5, 0.6) is 0 Å². The van der Waals surface area contributed by atoms with Crippen molar-refractivity contribution in [2.24, 2.45) is 0 Å². The lowest BCUT2D eigenvalue weighted by molar-refractivity contribution is -0.00793. The Balaban J connectivity index is 2.51. The first-order chi connectivity index (χ1) is 6.81. The smallest absolute Gasteiger partial charge is 0.0883 e. The summed E-state index contributed by atoms with van der Waals surface area (Å²) in [7, 11) is 0. The molecule has 0 atom stereocenters. The molecule has 0 fully saturated rings. The molecular formula is C14H20O. The van der Waals surface area contributed by atoms with Crippen molar-refractivity contribution in [3.8, 4) is 0 Å². The maximum Gasteiger partial charge on any atom is 0.0883 e. The van der Waals surface area contributed by atoms with Gasteiger partial charge >= 0.3 is 0 Å². The Morgan fingerprint density at radius 1 is 1.20 bits per heavy atom. The molecule has 1 aromatic rings. The average molecular weight is 204 g/mol. The Hall–Kier alpha value is -0.820. The van der Waals surface area contributed by atoms with Crippen molar-refractivity contribution < 1.29 is 4.74 Å². The minimum absolute atomic E-state index is 0.114. The van der Waals surface area contributed by atoms with Crippen molar-refractivity contribution in [3.05, 3.63) is 34.9 Å². The second-order valence-electron chi connectivity index (χ2n) is 5.92. The van der Waals surface area contributed by atoms with Gasteiger partial charge in [-0.3, -0.25) is 0 Å². The third-order valence-electron chi connectivity index (χ3n) is 3.21. The lowest BCUT2D eigenvalue weighted by Crippen LogP contribution is -2.17. The molecule has 2 rings (SSSR count). The molecule has 0 saturated heterocycles. The summed E-state index contributed by atoms with van der Waals surface area (Å²) in [5, 5.41) is 0. The molecule has 15 heavy (non-hydrogen) atoms. The summed E-state index contributed by atoms with van der Waals surface area (Å²) < 4.78 is 5.78. The fourth-order valence-corrected chi connectivity index (χ4v) is 2.07. The summed E-state index contributed by atoms with van der Waals surface area (Å²) in [6, 6.07) is 6.75. The van der Waals surface area contributed by atoms with Crippen molar-refractivity contribution in [2.45, 2.75) is 52.2 Å². The van der Waals surface area contributed by atoms with E-state index >= 15 is 0 Å². The number of fused-ring (bicyclic) bond motifs is 1. The molecule has 0 aromatic heterocycles. The Kier molecular flexibility index (Phi) is 2.20. The SMILES string of the molecule is CC(C)(C)c1ccc2c(c1)C(C)(C)OC2. The van der Waals surface area contributed by atoms with E-state index in [1.165, 1.54) is 16.7 Å². The highest BCUT2D eigenvalue weighted by atomic mass is 16.5. The van der Waals surface area contributed by atoms with Crippen LogP contribution in [0.4, 0.5) is 0 Å². The molecule has 1 aliphatic heterocycles. The zero-order valence-corrected chi connectivity index (χ0v) is 10.3. The molecule has 0 radical (unpaired) electrons. The lowest BCUT2D eigenvalue weighted by Gasteiger charge is -2.23. The van der Waals surface area contributed by atoms with Gasteiger partial charge in [-0.15, -0.1) is 0 Å². The fraction of sp³-hybridized carbons (Fsp3) is 0.571. The molecule has 0 amide bonds. The van der Waals surface area contributed by atoms with E-state index < -0.39 is 0 Å². The predicted octanol–water partition coefficient (Wildman–Crippen LogP) is 3.75. The van der Waals surface area contributed by atoms with Gasteiger partial charge in [0.15, 0.2) is 0 Å². The highest BCUT2D eigenvalue weighted by Crippen LogP contribution is 2.38. The van der Waals surface area contributed by atoms with E-state index in [0.717, 1.165) is 6.61 Å². The van der Waals surface area contributed by atoms with Crippen molar-refractivity contribution in [1.29, 1.82) is 0 Å². The maximum atomic E-state index is 5.78. The Labute approximate surface area is 92.5 Å². The minimum Gasteiger partial charge on any atom is -0.366 e. The molecule has 1 heteroatoms. The van der Waals surface area contributed by atoms with E-state index in [4.69, 9.17) is 4.74 Å².